The molecule has 3 rings (SSSR count). The summed E-state index contributed by atoms with van der Waals surface area (Å²) in [5, 5.41) is 1.75. The Bertz CT molecular complexity index is 745. The second kappa shape index (κ2) is 5.10. The molecule has 0 saturated heterocycles. The van der Waals surface area contributed by atoms with Crippen molar-refractivity contribution < 1.29 is 0 Å². The molecule has 0 radical (unpaired) electrons. The number of hydrogen-bond acceptors (Lipinski definition) is 3. The van der Waals surface area contributed by atoms with E-state index >= 15 is 0 Å². The molecule has 2 aromatic carbocycles. The van der Waals surface area contributed by atoms with Crippen molar-refractivity contribution >= 4 is 16.3 Å². The van der Waals surface area contributed by atoms with E-state index in [4.69, 9.17) is 10.7 Å². The third-order valence-corrected chi connectivity index (χ3v) is 4.26. The zero-order valence-electron chi connectivity index (χ0n) is 11.6. The lowest BCUT2D eigenvalue weighted by Gasteiger charge is -2.05. The normalized spacial score (nSPS) is 10.7. The minimum Gasteiger partial charge on any atom is -0.389 e. The Morgan fingerprint density at radius 2 is 1.75 bits per heavy atom. The number of nitrogens with two attached hydrogens (primary N) is 1. The van der Waals surface area contributed by atoms with Crippen LogP contribution in [0, 0.1) is 13.8 Å². The van der Waals surface area contributed by atoms with Crippen LogP contribution in [-0.2, 0) is 0 Å². The standard InChI is InChI=1S/C17H16N2S/c1-11-8-9-12(2)14(10-11)15-16(18)20-17(19-15)13-6-4-3-5-7-13/h3-10H,18H2,1-2H3. The minimum absolute atomic E-state index is 0.776. The first-order valence-corrected chi connectivity index (χ1v) is 7.36. The van der Waals surface area contributed by atoms with Crippen LogP contribution in [0.25, 0.3) is 21.8 Å². The number of rotatable bonds is 2. The fourth-order valence-electron chi connectivity index (χ4n) is 2.22. The molecule has 0 amide bonds. The molecule has 3 heteroatoms. The van der Waals surface area contributed by atoms with Crippen molar-refractivity contribution in [1.29, 1.82) is 0 Å². The van der Waals surface area contributed by atoms with Crippen molar-refractivity contribution in [2.75, 3.05) is 5.73 Å². The van der Waals surface area contributed by atoms with Crippen LogP contribution >= 0.6 is 11.3 Å². The van der Waals surface area contributed by atoms with E-state index in [0.29, 0.717) is 0 Å². The first-order chi connectivity index (χ1) is 9.65. The summed E-state index contributed by atoms with van der Waals surface area (Å²) in [6.07, 6.45) is 0. The first kappa shape index (κ1) is 12.9. The molecule has 100 valence electrons. The summed E-state index contributed by atoms with van der Waals surface area (Å²) in [6.45, 7) is 4.18. The van der Waals surface area contributed by atoms with Crippen molar-refractivity contribution in [3.8, 4) is 21.8 Å². The summed E-state index contributed by atoms with van der Waals surface area (Å²) in [4.78, 5) is 4.75. The first-order valence-electron chi connectivity index (χ1n) is 6.54. The Balaban J connectivity index is 2.12. The lowest BCUT2D eigenvalue weighted by Crippen LogP contribution is -1.89. The summed E-state index contributed by atoms with van der Waals surface area (Å²) in [5.74, 6) is 0. The van der Waals surface area contributed by atoms with Gasteiger partial charge in [0.15, 0.2) is 0 Å². The maximum Gasteiger partial charge on any atom is 0.126 e. The van der Waals surface area contributed by atoms with Crippen LogP contribution in [0.1, 0.15) is 11.1 Å². The molecule has 0 unspecified atom stereocenters. The molecule has 0 spiro atoms. The van der Waals surface area contributed by atoms with Gasteiger partial charge in [0, 0.05) is 11.1 Å². The smallest absolute Gasteiger partial charge is 0.126 e. The quantitative estimate of drug-likeness (QED) is 0.740. The molecule has 0 aliphatic carbocycles. The number of thiazole rings is 1. The van der Waals surface area contributed by atoms with E-state index in [2.05, 4.69) is 44.2 Å². The highest BCUT2D eigenvalue weighted by Crippen LogP contribution is 2.37. The van der Waals surface area contributed by atoms with E-state index in [9.17, 15) is 0 Å². The fourth-order valence-corrected chi connectivity index (χ4v) is 3.07. The lowest BCUT2D eigenvalue weighted by atomic mass is 10.0. The van der Waals surface area contributed by atoms with Crippen LogP contribution in [0.3, 0.4) is 0 Å². The molecule has 2 nitrogen and oxygen atoms in total. The van der Waals surface area contributed by atoms with Gasteiger partial charge in [-0.2, -0.15) is 0 Å². The Labute approximate surface area is 122 Å². The van der Waals surface area contributed by atoms with Crippen molar-refractivity contribution in [2.45, 2.75) is 13.8 Å². The van der Waals surface area contributed by atoms with Gasteiger partial charge in [0.1, 0.15) is 15.7 Å². The molecule has 0 saturated carbocycles. The van der Waals surface area contributed by atoms with Crippen LogP contribution in [0.4, 0.5) is 5.00 Å². The Morgan fingerprint density at radius 3 is 2.50 bits per heavy atom. The molecule has 0 aliphatic heterocycles. The molecule has 0 aliphatic rings. The van der Waals surface area contributed by atoms with Crippen LogP contribution in [0.5, 0.6) is 0 Å². The average molecular weight is 280 g/mol. The summed E-state index contributed by atoms with van der Waals surface area (Å²) >= 11 is 1.54. The predicted octanol–water partition coefficient (Wildman–Crippen LogP) is 4.68. The van der Waals surface area contributed by atoms with Crippen molar-refractivity contribution in [3.63, 3.8) is 0 Å². The van der Waals surface area contributed by atoms with Crippen molar-refractivity contribution in [3.05, 3.63) is 59.7 Å². The highest BCUT2D eigenvalue weighted by molar-refractivity contribution is 7.19. The number of nitrogens with zero attached hydrogens (tertiary/aromatic N) is 1. The number of anilines is 1. The van der Waals surface area contributed by atoms with Gasteiger partial charge in [0.2, 0.25) is 0 Å². The summed E-state index contributed by atoms with van der Waals surface area (Å²) in [5.41, 5.74) is 11.7. The highest BCUT2D eigenvalue weighted by atomic mass is 32.1. The molecule has 3 aromatic rings. The minimum atomic E-state index is 0.776. The molecule has 20 heavy (non-hydrogen) atoms. The number of benzene rings is 2. The topological polar surface area (TPSA) is 38.9 Å². The zero-order chi connectivity index (χ0) is 14.1. The van der Waals surface area contributed by atoms with Crippen LogP contribution in [0.15, 0.2) is 48.5 Å². The molecule has 0 fully saturated rings. The number of aryl methyl sites for hydroxylation is 2. The van der Waals surface area contributed by atoms with Gasteiger partial charge in [-0.05, 0) is 25.5 Å². The largest absolute Gasteiger partial charge is 0.389 e. The van der Waals surface area contributed by atoms with Crippen LogP contribution < -0.4 is 5.73 Å². The van der Waals surface area contributed by atoms with E-state index in [0.717, 1.165) is 26.8 Å². The maximum atomic E-state index is 6.19. The van der Waals surface area contributed by atoms with Gasteiger partial charge in [-0.25, -0.2) is 4.98 Å². The third-order valence-electron chi connectivity index (χ3n) is 3.32. The van der Waals surface area contributed by atoms with Gasteiger partial charge in [0.25, 0.3) is 0 Å². The van der Waals surface area contributed by atoms with Gasteiger partial charge in [-0.3, -0.25) is 0 Å². The summed E-state index contributed by atoms with van der Waals surface area (Å²) < 4.78 is 0. The molecular formula is C17H16N2S. The van der Waals surface area contributed by atoms with Crippen LogP contribution in [0.2, 0.25) is 0 Å². The van der Waals surface area contributed by atoms with Gasteiger partial charge < -0.3 is 5.73 Å². The number of nitrogen functional groups attached to an aromatic ring is 1. The predicted molar refractivity (Wildman–Crippen MR) is 86.9 cm³/mol. The summed E-state index contributed by atoms with van der Waals surface area (Å²) in [7, 11) is 0. The fraction of sp³-hybridized carbons (Fsp3) is 0.118. The Hall–Kier alpha value is -2.13. The lowest BCUT2D eigenvalue weighted by molar-refractivity contribution is 1.34. The van der Waals surface area contributed by atoms with Crippen molar-refractivity contribution in [1.82, 2.24) is 4.98 Å². The third kappa shape index (κ3) is 2.32. The number of aromatic nitrogens is 1. The Kier molecular flexibility index (Phi) is 3.28. The molecule has 1 heterocycles. The SMILES string of the molecule is Cc1ccc(C)c(-c2nc(-c3ccccc3)sc2N)c1. The Morgan fingerprint density at radius 1 is 1.00 bits per heavy atom. The van der Waals surface area contributed by atoms with E-state index in [-0.39, 0.29) is 0 Å². The van der Waals surface area contributed by atoms with E-state index in [1.165, 1.54) is 11.1 Å². The van der Waals surface area contributed by atoms with Gasteiger partial charge >= 0.3 is 0 Å². The average Bonchev–Trinajstić information content (AvgIpc) is 2.84. The van der Waals surface area contributed by atoms with E-state index in [1.807, 2.05) is 18.2 Å². The van der Waals surface area contributed by atoms with Crippen LogP contribution in [-0.4, -0.2) is 4.98 Å². The van der Waals surface area contributed by atoms with Crippen molar-refractivity contribution in [2.24, 2.45) is 0 Å². The van der Waals surface area contributed by atoms with E-state index in [1.54, 1.807) is 11.3 Å². The summed E-state index contributed by atoms with van der Waals surface area (Å²) in [6, 6.07) is 16.5. The van der Waals surface area contributed by atoms with E-state index < -0.39 is 0 Å². The second-order valence-corrected chi connectivity index (χ2v) is 5.95. The second-order valence-electron chi connectivity index (χ2n) is 4.92. The molecule has 1 aromatic heterocycles. The molecule has 2 N–H and O–H groups in total. The zero-order valence-corrected chi connectivity index (χ0v) is 12.4. The van der Waals surface area contributed by atoms with Gasteiger partial charge in [-0.15, -0.1) is 0 Å². The number of hydrogen-bond donors (Lipinski definition) is 1. The monoisotopic (exact) mass is 280 g/mol. The molecular weight excluding hydrogens is 264 g/mol. The van der Waals surface area contributed by atoms with Gasteiger partial charge in [-0.1, -0.05) is 59.4 Å². The molecule has 0 bridgehead atoms. The maximum absolute atomic E-state index is 6.19. The van der Waals surface area contributed by atoms with Gasteiger partial charge in [0.05, 0.1) is 0 Å². The molecule has 0 atom stereocenters. The highest BCUT2D eigenvalue weighted by Gasteiger charge is 2.13.